The molecule has 1 aliphatic carbocycles. The van der Waals surface area contributed by atoms with Crippen molar-refractivity contribution in [3.63, 3.8) is 0 Å². The van der Waals surface area contributed by atoms with E-state index < -0.39 is 17.1 Å². The van der Waals surface area contributed by atoms with Crippen LogP contribution in [0.2, 0.25) is 5.02 Å². The second kappa shape index (κ2) is 4.39. The zero-order chi connectivity index (χ0) is 15.4. The summed E-state index contributed by atoms with van der Waals surface area (Å²) in [4.78, 5) is 23.9. The van der Waals surface area contributed by atoms with E-state index in [0.717, 1.165) is 6.08 Å². The van der Waals surface area contributed by atoms with Crippen molar-refractivity contribution in [2.75, 3.05) is 7.11 Å². The molecule has 21 heavy (non-hydrogen) atoms. The van der Waals surface area contributed by atoms with Gasteiger partial charge in [-0.3, -0.25) is 9.59 Å². The first-order valence-corrected chi connectivity index (χ1v) is 6.55. The smallest absolute Gasteiger partial charge is 0.228 e. The van der Waals surface area contributed by atoms with Gasteiger partial charge in [0.25, 0.3) is 0 Å². The fraction of sp³-hybridized carbons (Fsp3) is 0.286. The lowest BCUT2D eigenvalue weighted by molar-refractivity contribution is -0.116. The molecule has 3 rings (SSSR count). The lowest BCUT2D eigenvalue weighted by atomic mass is 9.83. The van der Waals surface area contributed by atoms with E-state index in [1.807, 2.05) is 0 Å². The zero-order valence-corrected chi connectivity index (χ0v) is 11.7. The first-order chi connectivity index (χ1) is 9.90. The predicted molar refractivity (Wildman–Crippen MR) is 72.3 cm³/mol. The second-order valence-corrected chi connectivity index (χ2v) is 5.25. The molecule has 0 unspecified atom stereocenters. The number of phenolic OH excluding ortho intramolecular Hbond substituents is 1. The number of methoxy groups -OCH3 is 1. The van der Waals surface area contributed by atoms with Gasteiger partial charge in [0.05, 0.1) is 7.11 Å². The van der Waals surface area contributed by atoms with Crippen molar-refractivity contribution >= 4 is 23.2 Å². The van der Waals surface area contributed by atoms with Crippen LogP contribution in [0.5, 0.6) is 17.2 Å². The van der Waals surface area contributed by atoms with Crippen LogP contribution >= 0.6 is 11.6 Å². The van der Waals surface area contributed by atoms with Crippen LogP contribution in [0.4, 0.5) is 0 Å². The number of ketones is 2. The molecule has 0 amide bonds. The van der Waals surface area contributed by atoms with Crippen molar-refractivity contribution in [3.8, 4) is 17.2 Å². The van der Waals surface area contributed by atoms with Crippen LogP contribution in [-0.4, -0.2) is 34.5 Å². The maximum atomic E-state index is 12.6. The first-order valence-electron chi connectivity index (χ1n) is 6.18. The molecule has 0 saturated heterocycles. The third-order valence-electron chi connectivity index (χ3n) is 3.69. The highest BCUT2D eigenvalue weighted by molar-refractivity contribution is 6.35. The average Bonchev–Trinajstić information content (AvgIpc) is 2.74. The minimum absolute atomic E-state index is 0.0141. The fourth-order valence-electron chi connectivity index (χ4n) is 2.59. The van der Waals surface area contributed by atoms with Crippen molar-refractivity contribution in [2.45, 2.75) is 18.4 Å². The number of halogens is 1. The Morgan fingerprint density at radius 2 is 2.10 bits per heavy atom. The fourth-order valence-corrected chi connectivity index (χ4v) is 2.85. The van der Waals surface area contributed by atoms with E-state index in [0.29, 0.717) is 0 Å². The lowest BCUT2D eigenvalue weighted by Crippen LogP contribution is -2.45. The highest BCUT2D eigenvalue weighted by Gasteiger charge is 2.55. The Bertz CT molecular complexity index is 708. The summed E-state index contributed by atoms with van der Waals surface area (Å²) in [5, 5.41) is 20.0. The molecule has 0 aromatic heterocycles. The molecule has 6 nitrogen and oxygen atoms in total. The molecule has 0 radical (unpaired) electrons. The SMILES string of the molecule is COc1cc(O)c2c(c1Cl)O[C@]1(CCC(=O)C=C1O)C2=O. The van der Waals surface area contributed by atoms with Gasteiger partial charge in [0.15, 0.2) is 11.5 Å². The van der Waals surface area contributed by atoms with E-state index in [1.165, 1.54) is 13.2 Å². The molecule has 110 valence electrons. The number of rotatable bonds is 1. The number of hydrogen-bond acceptors (Lipinski definition) is 6. The molecule has 1 aliphatic heterocycles. The molecule has 0 bridgehead atoms. The van der Waals surface area contributed by atoms with Gasteiger partial charge in [-0.1, -0.05) is 11.6 Å². The van der Waals surface area contributed by atoms with Crippen LogP contribution in [-0.2, 0) is 4.79 Å². The number of benzene rings is 1. The third kappa shape index (κ3) is 1.72. The maximum absolute atomic E-state index is 12.6. The summed E-state index contributed by atoms with van der Waals surface area (Å²) in [6, 6.07) is 1.20. The summed E-state index contributed by atoms with van der Waals surface area (Å²) in [6.07, 6.45) is 1.01. The number of aliphatic hydroxyl groups excluding tert-OH is 1. The Balaban J connectivity index is 2.20. The molecule has 0 saturated carbocycles. The van der Waals surface area contributed by atoms with E-state index in [1.54, 1.807) is 0 Å². The quantitative estimate of drug-likeness (QED) is 0.825. The van der Waals surface area contributed by atoms with Gasteiger partial charge in [-0.05, 0) is 0 Å². The van der Waals surface area contributed by atoms with Gasteiger partial charge in [0.2, 0.25) is 11.4 Å². The second-order valence-electron chi connectivity index (χ2n) is 4.87. The standard InChI is InChI=1S/C14H11ClO6/c1-20-8-5-7(17)10-12(11(8)15)21-14(13(10)19)3-2-6(16)4-9(14)18/h4-5,17-18H,2-3H2,1H3/t14-/m0/s1. The van der Waals surface area contributed by atoms with E-state index in [9.17, 15) is 19.8 Å². The molecular formula is C14H11ClO6. The summed E-state index contributed by atoms with van der Waals surface area (Å²) >= 11 is 6.09. The molecule has 1 spiro atoms. The number of hydrogen-bond donors (Lipinski definition) is 2. The van der Waals surface area contributed by atoms with Gasteiger partial charge in [-0.15, -0.1) is 0 Å². The number of aliphatic hydroxyl groups is 1. The van der Waals surface area contributed by atoms with E-state index >= 15 is 0 Å². The number of phenols is 1. The minimum atomic E-state index is -1.69. The highest BCUT2D eigenvalue weighted by atomic mass is 35.5. The maximum Gasteiger partial charge on any atom is 0.228 e. The van der Waals surface area contributed by atoms with Crippen LogP contribution in [0.1, 0.15) is 23.2 Å². The molecule has 2 N–H and O–H groups in total. The summed E-state index contributed by atoms with van der Waals surface area (Å²) < 4.78 is 10.6. The Labute approximate surface area is 124 Å². The Kier molecular flexibility index (Phi) is 2.88. The highest BCUT2D eigenvalue weighted by Crippen LogP contribution is 2.52. The predicted octanol–water partition coefficient (Wildman–Crippen LogP) is 2.17. The molecule has 7 heteroatoms. The molecule has 1 aromatic carbocycles. The van der Waals surface area contributed by atoms with Gasteiger partial charge in [-0.2, -0.15) is 0 Å². The Hall–Kier alpha value is -2.21. The van der Waals surface area contributed by atoms with Crippen molar-refractivity contribution in [1.82, 2.24) is 0 Å². The summed E-state index contributed by atoms with van der Waals surface area (Å²) in [5.74, 6) is -1.65. The Morgan fingerprint density at radius 1 is 1.38 bits per heavy atom. The van der Waals surface area contributed by atoms with Crippen LogP contribution in [0.3, 0.4) is 0 Å². The van der Waals surface area contributed by atoms with Crippen molar-refractivity contribution < 1.29 is 29.3 Å². The number of carbonyl (C=O) groups is 2. The third-order valence-corrected chi connectivity index (χ3v) is 4.05. The van der Waals surface area contributed by atoms with Gasteiger partial charge < -0.3 is 19.7 Å². The zero-order valence-electron chi connectivity index (χ0n) is 11.0. The number of fused-ring (bicyclic) bond motifs is 1. The van der Waals surface area contributed by atoms with Crippen LogP contribution in [0.25, 0.3) is 0 Å². The Morgan fingerprint density at radius 3 is 2.71 bits per heavy atom. The monoisotopic (exact) mass is 310 g/mol. The van der Waals surface area contributed by atoms with Crippen molar-refractivity contribution in [1.29, 1.82) is 0 Å². The van der Waals surface area contributed by atoms with Crippen LogP contribution < -0.4 is 9.47 Å². The van der Waals surface area contributed by atoms with Gasteiger partial charge >= 0.3 is 0 Å². The van der Waals surface area contributed by atoms with Gasteiger partial charge in [0, 0.05) is 25.0 Å². The van der Waals surface area contributed by atoms with E-state index in [2.05, 4.69) is 0 Å². The van der Waals surface area contributed by atoms with Crippen molar-refractivity contribution in [2.24, 2.45) is 0 Å². The van der Waals surface area contributed by atoms with Crippen molar-refractivity contribution in [3.05, 3.63) is 28.5 Å². The average molecular weight is 311 g/mol. The number of Topliss-reactive ketones (excluding diaryl/α,β-unsaturated/α-hetero) is 1. The minimum Gasteiger partial charge on any atom is -0.507 e. The molecule has 2 aliphatic rings. The molecule has 1 heterocycles. The van der Waals surface area contributed by atoms with E-state index in [4.69, 9.17) is 21.1 Å². The summed E-state index contributed by atoms with van der Waals surface area (Å²) in [7, 11) is 1.36. The number of ether oxygens (including phenoxy) is 2. The van der Waals surface area contributed by atoms with Gasteiger partial charge in [0.1, 0.15) is 27.8 Å². The topological polar surface area (TPSA) is 93.1 Å². The summed E-state index contributed by atoms with van der Waals surface area (Å²) in [6.45, 7) is 0. The van der Waals surface area contributed by atoms with E-state index in [-0.39, 0.29) is 46.5 Å². The molecule has 1 atom stereocenters. The molecular weight excluding hydrogens is 300 g/mol. The number of allylic oxidation sites excluding steroid dienone is 1. The first kappa shape index (κ1) is 13.8. The number of aromatic hydroxyl groups is 1. The molecule has 1 aromatic rings. The number of carbonyl (C=O) groups excluding carboxylic acids is 2. The van der Waals surface area contributed by atoms with Crippen LogP contribution in [0, 0.1) is 0 Å². The van der Waals surface area contributed by atoms with Crippen LogP contribution in [0.15, 0.2) is 17.9 Å². The largest absolute Gasteiger partial charge is 0.507 e. The normalized spacial score (nSPS) is 23.8. The summed E-state index contributed by atoms with van der Waals surface area (Å²) in [5.41, 5.74) is -1.81. The lowest BCUT2D eigenvalue weighted by Gasteiger charge is -2.28. The van der Waals surface area contributed by atoms with Gasteiger partial charge in [-0.25, -0.2) is 0 Å². The molecule has 0 fully saturated rings.